The molecule has 2 rings (SSSR count). The summed E-state index contributed by atoms with van der Waals surface area (Å²) in [6.07, 6.45) is 1.15. The minimum absolute atomic E-state index is 0.0201. The molecule has 0 fully saturated rings. The second-order valence-electron chi connectivity index (χ2n) is 3.80. The molecule has 0 aliphatic rings. The van der Waals surface area contributed by atoms with Crippen molar-refractivity contribution in [2.24, 2.45) is 7.05 Å². The van der Waals surface area contributed by atoms with Gasteiger partial charge in [0.2, 0.25) is 5.69 Å². The van der Waals surface area contributed by atoms with Crippen LogP contribution in [0.4, 0.5) is 11.4 Å². The van der Waals surface area contributed by atoms with Crippen molar-refractivity contribution in [3.63, 3.8) is 0 Å². The Hall–Kier alpha value is -2.90. The van der Waals surface area contributed by atoms with Crippen LogP contribution in [0.1, 0.15) is 10.5 Å². The van der Waals surface area contributed by atoms with E-state index in [1.807, 2.05) is 0 Å². The summed E-state index contributed by atoms with van der Waals surface area (Å²) in [6, 6.07) is 5.86. The third kappa shape index (κ3) is 2.68. The van der Waals surface area contributed by atoms with E-state index in [9.17, 15) is 20.0 Å². The van der Waals surface area contributed by atoms with Gasteiger partial charge in [0.1, 0.15) is 11.9 Å². The lowest BCUT2D eigenvalue weighted by atomic mass is 10.3. The molecule has 0 bridgehead atoms. The van der Waals surface area contributed by atoms with E-state index in [1.165, 1.54) is 29.9 Å². The Bertz CT molecular complexity index is 650. The highest BCUT2D eigenvalue weighted by molar-refractivity contribution is 6.05. The van der Waals surface area contributed by atoms with E-state index in [0.717, 1.165) is 6.20 Å². The van der Waals surface area contributed by atoms with E-state index in [4.69, 9.17) is 0 Å². The summed E-state index contributed by atoms with van der Waals surface area (Å²) in [5.74, 6) is -0.730. The zero-order valence-corrected chi connectivity index (χ0v) is 9.90. The van der Waals surface area contributed by atoms with E-state index in [1.54, 1.807) is 6.07 Å². The van der Waals surface area contributed by atoms with Crippen LogP contribution in [0.2, 0.25) is 0 Å². The number of nitrogens with zero attached hydrogens (tertiary/aromatic N) is 3. The maximum Gasteiger partial charge on any atom is 0.320 e. The van der Waals surface area contributed by atoms with Crippen LogP contribution in [0.15, 0.2) is 30.5 Å². The van der Waals surface area contributed by atoms with Crippen LogP contribution in [0, 0.1) is 10.1 Å². The Morgan fingerprint density at radius 3 is 2.89 bits per heavy atom. The molecule has 0 unspecified atom stereocenters. The zero-order chi connectivity index (χ0) is 14.0. The Kier molecular flexibility index (Phi) is 3.15. The lowest BCUT2D eigenvalue weighted by Crippen LogP contribution is -2.14. The molecule has 2 aromatic rings. The number of aromatic nitrogens is 2. The number of carbonyl (C=O) groups excluding carboxylic acids is 1. The molecule has 1 amide bonds. The highest BCUT2D eigenvalue weighted by Gasteiger charge is 2.24. The van der Waals surface area contributed by atoms with E-state index in [2.05, 4.69) is 10.4 Å². The zero-order valence-electron chi connectivity index (χ0n) is 9.90. The highest BCUT2D eigenvalue weighted by Crippen LogP contribution is 2.20. The predicted octanol–water partition coefficient (Wildman–Crippen LogP) is 1.29. The molecule has 1 heterocycles. The first-order valence-electron chi connectivity index (χ1n) is 5.26. The molecule has 0 aliphatic heterocycles. The van der Waals surface area contributed by atoms with Crippen molar-refractivity contribution in [3.8, 4) is 5.75 Å². The molecule has 98 valence electrons. The first-order valence-corrected chi connectivity index (χ1v) is 5.26. The number of nitro groups is 1. The van der Waals surface area contributed by atoms with Crippen LogP contribution >= 0.6 is 0 Å². The average molecular weight is 262 g/mol. The molecule has 19 heavy (non-hydrogen) atoms. The molecule has 1 aromatic carbocycles. The Morgan fingerprint density at radius 2 is 2.26 bits per heavy atom. The van der Waals surface area contributed by atoms with E-state index in [-0.39, 0.29) is 17.1 Å². The van der Waals surface area contributed by atoms with Gasteiger partial charge in [0.15, 0.2) is 0 Å². The van der Waals surface area contributed by atoms with Crippen LogP contribution in [0.25, 0.3) is 0 Å². The summed E-state index contributed by atoms with van der Waals surface area (Å²) in [5.41, 5.74) is -0.332. The largest absolute Gasteiger partial charge is 0.508 e. The maximum absolute atomic E-state index is 11.9. The first kappa shape index (κ1) is 12.6. The molecule has 0 radical (unpaired) electrons. The minimum Gasteiger partial charge on any atom is -0.508 e. The second-order valence-corrected chi connectivity index (χ2v) is 3.80. The van der Waals surface area contributed by atoms with Gasteiger partial charge in [-0.3, -0.25) is 19.6 Å². The fourth-order valence-electron chi connectivity index (χ4n) is 1.55. The molecule has 0 spiro atoms. The van der Waals surface area contributed by atoms with Crippen molar-refractivity contribution in [1.82, 2.24) is 9.78 Å². The van der Waals surface area contributed by atoms with Gasteiger partial charge in [0.25, 0.3) is 5.91 Å². The molecule has 0 aliphatic carbocycles. The van der Waals surface area contributed by atoms with Gasteiger partial charge in [0.05, 0.1) is 4.92 Å². The summed E-state index contributed by atoms with van der Waals surface area (Å²) in [7, 11) is 1.48. The van der Waals surface area contributed by atoms with Crippen LogP contribution in [0.3, 0.4) is 0 Å². The van der Waals surface area contributed by atoms with Gasteiger partial charge in [-0.15, -0.1) is 0 Å². The summed E-state index contributed by atoms with van der Waals surface area (Å²) in [5, 5.41) is 26.2. The molecule has 1 aromatic heterocycles. The number of hydrogen-bond donors (Lipinski definition) is 2. The smallest absolute Gasteiger partial charge is 0.320 e. The van der Waals surface area contributed by atoms with Gasteiger partial charge < -0.3 is 10.4 Å². The molecule has 0 saturated carbocycles. The first-order chi connectivity index (χ1) is 8.97. The van der Waals surface area contributed by atoms with Gasteiger partial charge in [-0.05, 0) is 12.1 Å². The van der Waals surface area contributed by atoms with Crippen molar-refractivity contribution >= 4 is 17.3 Å². The lowest BCUT2D eigenvalue weighted by molar-refractivity contribution is -0.385. The van der Waals surface area contributed by atoms with E-state index in [0.29, 0.717) is 5.69 Å². The third-order valence-electron chi connectivity index (χ3n) is 2.33. The normalized spacial score (nSPS) is 10.2. The monoisotopic (exact) mass is 262 g/mol. The van der Waals surface area contributed by atoms with Gasteiger partial charge in [-0.1, -0.05) is 6.07 Å². The fraction of sp³-hybridized carbons (Fsp3) is 0.0909. The van der Waals surface area contributed by atoms with Crippen LogP contribution < -0.4 is 5.32 Å². The van der Waals surface area contributed by atoms with Crippen LogP contribution in [-0.4, -0.2) is 25.7 Å². The quantitative estimate of drug-likeness (QED) is 0.639. The molecular formula is C11H10N4O4. The number of aromatic hydroxyl groups is 1. The predicted molar refractivity (Wildman–Crippen MR) is 65.9 cm³/mol. The SMILES string of the molecule is Cn1cc([N+](=O)[O-])c(C(=O)Nc2cccc(O)c2)n1. The number of amides is 1. The van der Waals surface area contributed by atoms with E-state index < -0.39 is 10.8 Å². The van der Waals surface area contributed by atoms with Crippen molar-refractivity contribution in [2.75, 3.05) is 5.32 Å². The van der Waals surface area contributed by atoms with E-state index >= 15 is 0 Å². The number of aryl methyl sites for hydroxylation is 1. The molecule has 0 atom stereocenters. The number of benzene rings is 1. The summed E-state index contributed by atoms with van der Waals surface area (Å²) in [4.78, 5) is 22.0. The number of phenols is 1. The summed E-state index contributed by atoms with van der Waals surface area (Å²) >= 11 is 0. The molecule has 8 heteroatoms. The minimum atomic E-state index is -0.710. The van der Waals surface area contributed by atoms with Crippen LogP contribution in [0.5, 0.6) is 5.75 Å². The van der Waals surface area contributed by atoms with Crippen LogP contribution in [-0.2, 0) is 7.05 Å². The molecule has 8 nitrogen and oxygen atoms in total. The van der Waals surface area contributed by atoms with Gasteiger partial charge in [-0.25, -0.2) is 0 Å². The van der Waals surface area contributed by atoms with Crippen molar-refractivity contribution < 1.29 is 14.8 Å². The second kappa shape index (κ2) is 4.77. The van der Waals surface area contributed by atoms with Crippen molar-refractivity contribution in [1.29, 1.82) is 0 Å². The fourth-order valence-corrected chi connectivity index (χ4v) is 1.55. The van der Waals surface area contributed by atoms with Crippen molar-refractivity contribution in [3.05, 3.63) is 46.3 Å². The number of hydrogen-bond acceptors (Lipinski definition) is 5. The maximum atomic E-state index is 11.9. The Labute approximate surface area is 107 Å². The summed E-state index contributed by atoms with van der Waals surface area (Å²) < 4.78 is 1.19. The third-order valence-corrected chi connectivity index (χ3v) is 2.33. The van der Waals surface area contributed by atoms with Crippen molar-refractivity contribution in [2.45, 2.75) is 0 Å². The number of phenolic OH excluding ortho intramolecular Hbond substituents is 1. The summed E-state index contributed by atoms with van der Waals surface area (Å²) in [6.45, 7) is 0. The molecular weight excluding hydrogens is 252 g/mol. The number of rotatable bonds is 3. The Morgan fingerprint density at radius 1 is 1.53 bits per heavy atom. The number of anilines is 1. The molecule has 0 saturated heterocycles. The van der Waals surface area contributed by atoms with Gasteiger partial charge in [-0.2, -0.15) is 5.10 Å². The standard InChI is InChI=1S/C11H10N4O4/c1-14-6-9(15(18)19)10(13-14)11(17)12-7-3-2-4-8(16)5-7/h2-6,16H,1H3,(H,12,17). The topological polar surface area (TPSA) is 110 Å². The van der Waals surface area contributed by atoms with Gasteiger partial charge >= 0.3 is 5.69 Å². The Balaban J connectivity index is 2.28. The number of carbonyl (C=O) groups is 1. The average Bonchev–Trinajstić information content (AvgIpc) is 2.71. The highest BCUT2D eigenvalue weighted by atomic mass is 16.6. The lowest BCUT2D eigenvalue weighted by Gasteiger charge is -2.03. The van der Waals surface area contributed by atoms with Gasteiger partial charge in [0, 0.05) is 18.8 Å². The number of nitrogens with one attached hydrogen (secondary N) is 1. The molecule has 2 N–H and O–H groups in total.